The van der Waals surface area contributed by atoms with E-state index in [0.717, 1.165) is 17.9 Å². The Balaban J connectivity index is 0.000000260. The molecule has 0 saturated heterocycles. The van der Waals surface area contributed by atoms with Crippen molar-refractivity contribution in [1.82, 2.24) is 0 Å². The standard InChI is InChI=1S/C21H25.C14H11Cl.C5H5.2ClH.Zr/c1-20(2,3)16-7-9-18-14(12-16)11-15-13-17(21(4,5)6)8-10-19(15)18;1-11-5-7-12(8-6-11)9-13-3-2-4-14(15)10-13;1-2-4-5-3-1;;;/h7-10,12H,11H2,1-6H3;2-8,10H,1H3;1-3H,4H2;2*1H;/q-1;;-1;;;+2/p-2. The van der Waals surface area contributed by atoms with E-state index in [4.69, 9.17) is 11.6 Å². The van der Waals surface area contributed by atoms with Crippen molar-refractivity contribution in [1.29, 1.82) is 0 Å². The molecule has 4 aromatic rings. The summed E-state index contributed by atoms with van der Waals surface area (Å²) in [5.41, 5.74) is 12.5. The second kappa shape index (κ2) is 16.5. The number of hydrogen-bond donors (Lipinski definition) is 0. The molecule has 0 N–H and O–H groups in total. The van der Waals surface area contributed by atoms with Gasteiger partial charge in [0.15, 0.2) is 0 Å². The Morgan fingerprint density at radius 2 is 1.45 bits per heavy atom. The summed E-state index contributed by atoms with van der Waals surface area (Å²) in [4.78, 5) is 0. The van der Waals surface area contributed by atoms with Gasteiger partial charge in [0.05, 0.1) is 0 Å². The molecule has 0 amide bonds. The van der Waals surface area contributed by atoms with E-state index in [-0.39, 0.29) is 35.6 Å². The van der Waals surface area contributed by atoms with E-state index < -0.39 is 0 Å². The van der Waals surface area contributed by atoms with Gasteiger partial charge in [-0.1, -0.05) is 65.3 Å². The van der Waals surface area contributed by atoms with Gasteiger partial charge in [0.1, 0.15) is 0 Å². The predicted molar refractivity (Wildman–Crippen MR) is 178 cm³/mol. The molecule has 4 aromatic carbocycles. The van der Waals surface area contributed by atoms with Crippen LogP contribution < -0.4 is 24.8 Å². The molecule has 0 aliphatic heterocycles. The fourth-order valence-corrected chi connectivity index (χ4v) is 5.88. The van der Waals surface area contributed by atoms with Gasteiger partial charge >= 0.3 is 116 Å². The SMILES string of the molecule is CC(C)(C)c1[c-]c2c(cc1)-c1ccc(C(C)(C)C)cc1C2.Cc1ccc([C](=[Zr+2])c2cccc(Cl)c2)cc1.[C-]1=CC=CC1.[Cl-].[Cl-]. The van der Waals surface area contributed by atoms with Crippen molar-refractivity contribution in [2.24, 2.45) is 0 Å². The van der Waals surface area contributed by atoms with Crippen LogP contribution >= 0.6 is 11.6 Å². The van der Waals surface area contributed by atoms with E-state index in [0.29, 0.717) is 0 Å². The third kappa shape index (κ3) is 10.3. The van der Waals surface area contributed by atoms with Crippen LogP contribution in [0.25, 0.3) is 11.1 Å². The molecule has 0 radical (unpaired) electrons. The molecular weight excluding hydrogens is 678 g/mol. The molecule has 0 unspecified atom stereocenters. The Bertz CT molecular complexity index is 1540. The molecule has 6 rings (SSSR count). The molecule has 0 atom stereocenters. The van der Waals surface area contributed by atoms with E-state index in [9.17, 15) is 0 Å². The minimum Gasteiger partial charge on any atom is -1.00 e. The maximum atomic E-state index is 6.00. The van der Waals surface area contributed by atoms with Gasteiger partial charge in [-0.05, 0) is 28.4 Å². The molecule has 0 spiro atoms. The zero-order valence-electron chi connectivity index (χ0n) is 26.8. The fraction of sp³-hybridized carbons (Fsp3) is 0.275. The first-order chi connectivity index (χ1) is 19.8. The molecule has 228 valence electrons. The average Bonchev–Trinajstić information content (AvgIpc) is 3.64. The molecule has 2 aliphatic carbocycles. The second-order valence-corrected chi connectivity index (χ2v) is 14.7. The summed E-state index contributed by atoms with van der Waals surface area (Å²) in [6.45, 7) is 15.7. The fourth-order valence-electron chi connectivity index (χ4n) is 4.90. The molecule has 0 bridgehead atoms. The van der Waals surface area contributed by atoms with Gasteiger partial charge < -0.3 is 24.8 Å². The molecule has 0 heterocycles. The number of benzene rings is 4. The molecule has 0 aromatic heterocycles. The summed E-state index contributed by atoms with van der Waals surface area (Å²) >= 11 is 7.40. The van der Waals surface area contributed by atoms with Gasteiger partial charge in [0, 0.05) is 0 Å². The van der Waals surface area contributed by atoms with Gasteiger partial charge in [0.2, 0.25) is 0 Å². The summed E-state index contributed by atoms with van der Waals surface area (Å²) in [7, 11) is 0. The van der Waals surface area contributed by atoms with E-state index >= 15 is 0 Å². The van der Waals surface area contributed by atoms with Gasteiger partial charge in [-0.3, -0.25) is 6.08 Å². The van der Waals surface area contributed by atoms with Crippen LogP contribution in [-0.4, -0.2) is 3.21 Å². The third-order valence-corrected chi connectivity index (χ3v) is 9.16. The van der Waals surface area contributed by atoms with Crippen molar-refractivity contribution in [3.05, 3.63) is 153 Å². The number of allylic oxidation sites excluding steroid dienone is 4. The predicted octanol–water partition coefficient (Wildman–Crippen LogP) is 4.73. The van der Waals surface area contributed by atoms with Crippen LogP contribution in [0.4, 0.5) is 0 Å². The number of halogens is 3. The van der Waals surface area contributed by atoms with Crippen molar-refractivity contribution in [3.63, 3.8) is 0 Å². The van der Waals surface area contributed by atoms with Gasteiger partial charge in [0.25, 0.3) is 0 Å². The molecule has 0 saturated carbocycles. The molecule has 0 fully saturated rings. The zero-order chi connectivity index (χ0) is 30.5. The number of hydrogen-bond acceptors (Lipinski definition) is 0. The van der Waals surface area contributed by atoms with Crippen LogP contribution in [0.15, 0.2) is 97.1 Å². The summed E-state index contributed by atoms with van der Waals surface area (Å²) in [6, 6.07) is 31.8. The topological polar surface area (TPSA) is 0 Å². The van der Waals surface area contributed by atoms with Crippen LogP contribution in [-0.2, 0) is 41.5 Å². The van der Waals surface area contributed by atoms with Crippen LogP contribution in [0.5, 0.6) is 0 Å². The maximum absolute atomic E-state index is 6.00. The molecule has 0 nitrogen and oxygen atoms in total. The summed E-state index contributed by atoms with van der Waals surface area (Å²) in [6.07, 6.45) is 11.0. The Morgan fingerprint density at radius 3 is 2.00 bits per heavy atom. The second-order valence-electron chi connectivity index (χ2n) is 13.1. The number of fused-ring (bicyclic) bond motifs is 3. The molecular formula is C40H41Cl3Zr-2. The summed E-state index contributed by atoms with van der Waals surface area (Å²) in [5, 5.41) is 0.796. The largest absolute Gasteiger partial charge is 1.00 e. The first-order valence-electron chi connectivity index (χ1n) is 14.7. The third-order valence-electron chi connectivity index (χ3n) is 7.50. The van der Waals surface area contributed by atoms with Crippen LogP contribution in [0, 0.1) is 19.1 Å². The first-order valence-corrected chi connectivity index (χ1v) is 16.3. The normalized spacial score (nSPS) is 12.4. The van der Waals surface area contributed by atoms with E-state index in [1.165, 1.54) is 77.5 Å². The van der Waals surface area contributed by atoms with Crippen molar-refractivity contribution in [2.45, 2.75) is 72.1 Å². The number of rotatable bonds is 2. The minimum absolute atomic E-state index is 0. The van der Waals surface area contributed by atoms with Crippen molar-refractivity contribution < 1.29 is 49.0 Å². The Hall–Kier alpha value is -2.02. The van der Waals surface area contributed by atoms with Crippen LogP contribution in [0.1, 0.15) is 86.9 Å². The smallest absolute Gasteiger partial charge is 0.109 e. The molecule has 44 heavy (non-hydrogen) atoms. The Labute approximate surface area is 298 Å². The quantitative estimate of drug-likeness (QED) is 0.232. The molecule has 2 aliphatic rings. The van der Waals surface area contributed by atoms with E-state index in [1.54, 1.807) is 0 Å². The van der Waals surface area contributed by atoms with Crippen LogP contribution in [0.2, 0.25) is 5.02 Å². The Kier molecular flexibility index (Phi) is 14.3. The first kappa shape index (κ1) is 38.2. The number of aryl methyl sites for hydroxylation is 1. The summed E-state index contributed by atoms with van der Waals surface area (Å²) in [5.74, 6) is 0. The summed E-state index contributed by atoms with van der Waals surface area (Å²) < 4.78 is 1.34. The zero-order valence-corrected chi connectivity index (χ0v) is 31.5. The van der Waals surface area contributed by atoms with E-state index in [2.05, 4.69) is 127 Å². The van der Waals surface area contributed by atoms with Crippen LogP contribution in [0.3, 0.4) is 0 Å². The van der Waals surface area contributed by atoms with Gasteiger partial charge in [-0.15, -0.1) is 17.5 Å². The van der Waals surface area contributed by atoms with E-state index in [1.807, 2.05) is 30.4 Å². The molecule has 4 heteroatoms. The van der Waals surface area contributed by atoms with Crippen molar-refractivity contribution in [2.75, 3.05) is 0 Å². The van der Waals surface area contributed by atoms with Gasteiger partial charge in [-0.25, -0.2) is 12.2 Å². The minimum atomic E-state index is 0. The Morgan fingerprint density at radius 1 is 0.773 bits per heavy atom. The van der Waals surface area contributed by atoms with Crippen molar-refractivity contribution >= 4 is 14.8 Å². The average molecular weight is 719 g/mol. The van der Waals surface area contributed by atoms with Crippen molar-refractivity contribution in [3.8, 4) is 11.1 Å². The van der Waals surface area contributed by atoms with Gasteiger partial charge in [-0.2, -0.15) is 29.8 Å². The monoisotopic (exact) mass is 716 g/mol. The maximum Gasteiger partial charge on any atom is -0.109 e.